The molecule has 4 aromatic heterocycles. The van der Waals surface area contributed by atoms with E-state index in [2.05, 4.69) is 50.0 Å². The van der Waals surface area contributed by atoms with Crippen molar-refractivity contribution in [2.75, 3.05) is 37.7 Å². The summed E-state index contributed by atoms with van der Waals surface area (Å²) in [6.45, 7) is 24.9. The van der Waals surface area contributed by atoms with Gasteiger partial charge in [0, 0.05) is 69.0 Å². The monoisotopic (exact) mass is 813 g/mol. The molecular formula is C42H56FN9O5Si. The average molecular weight is 814 g/mol. The lowest BCUT2D eigenvalue weighted by Gasteiger charge is -2.36. The van der Waals surface area contributed by atoms with Crippen LogP contribution in [0.4, 0.5) is 15.0 Å². The molecule has 0 aliphatic carbocycles. The van der Waals surface area contributed by atoms with Gasteiger partial charge in [0.2, 0.25) is 5.89 Å². The number of halogens is 1. The molecule has 2 amide bonds. The number of anilines is 1. The second-order valence-corrected chi connectivity index (χ2v) is 23.8. The zero-order valence-electron chi connectivity index (χ0n) is 35.6. The maximum atomic E-state index is 16.5. The molecule has 0 unspecified atom stereocenters. The highest BCUT2D eigenvalue weighted by Crippen LogP contribution is 2.36. The van der Waals surface area contributed by atoms with Crippen molar-refractivity contribution in [1.82, 2.24) is 39.9 Å². The maximum Gasteiger partial charge on any atom is 0.410 e. The fraction of sp³-hybridized carbons (Fsp3) is 0.500. The molecule has 1 aliphatic rings. The Labute approximate surface area is 340 Å². The molecule has 1 saturated heterocycles. The minimum absolute atomic E-state index is 0.0809. The van der Waals surface area contributed by atoms with E-state index < -0.39 is 36.9 Å². The van der Waals surface area contributed by atoms with Crippen molar-refractivity contribution < 1.29 is 28.0 Å². The first kappa shape index (κ1) is 42.4. The summed E-state index contributed by atoms with van der Waals surface area (Å²) in [5, 5.41) is 7.38. The Hall–Kier alpha value is -5.22. The van der Waals surface area contributed by atoms with Crippen LogP contribution in [-0.4, -0.2) is 93.0 Å². The summed E-state index contributed by atoms with van der Waals surface area (Å²) < 4.78 is 35.6. The lowest BCUT2D eigenvalue weighted by molar-refractivity contribution is 0.0240. The Balaban J connectivity index is 1.27. The molecule has 0 saturated carbocycles. The van der Waals surface area contributed by atoms with E-state index in [1.165, 1.54) is 6.33 Å². The highest BCUT2D eigenvalue weighted by molar-refractivity contribution is 6.76. The number of aromatic nitrogens is 6. The summed E-state index contributed by atoms with van der Waals surface area (Å²) in [5.74, 6) is 0.104. The number of hydrogen-bond donors (Lipinski definition) is 1. The highest BCUT2D eigenvalue weighted by Gasteiger charge is 2.28. The van der Waals surface area contributed by atoms with Gasteiger partial charge in [-0.25, -0.2) is 24.1 Å². The molecule has 310 valence electrons. The number of pyridine rings is 1. The number of nitrogens with one attached hydrogen (secondary N) is 1. The molecule has 1 fully saturated rings. The molecule has 5 aromatic rings. The van der Waals surface area contributed by atoms with Gasteiger partial charge < -0.3 is 33.7 Å². The van der Waals surface area contributed by atoms with E-state index in [1.807, 2.05) is 70.5 Å². The Morgan fingerprint density at radius 1 is 1.00 bits per heavy atom. The lowest BCUT2D eigenvalue weighted by atomic mass is 9.96. The van der Waals surface area contributed by atoms with Gasteiger partial charge in [-0.05, 0) is 76.1 Å². The molecule has 1 aliphatic heterocycles. The number of nitrogens with zero attached hydrogens (tertiary/aromatic N) is 8. The predicted molar refractivity (Wildman–Crippen MR) is 224 cm³/mol. The van der Waals surface area contributed by atoms with Crippen LogP contribution in [0, 0.1) is 12.7 Å². The van der Waals surface area contributed by atoms with E-state index in [9.17, 15) is 9.59 Å². The number of ether oxygens (including phenoxy) is 2. The minimum Gasteiger partial charge on any atom is -0.444 e. The quantitative estimate of drug-likeness (QED) is 0.102. The number of amides is 2. The summed E-state index contributed by atoms with van der Waals surface area (Å²) in [5.41, 5.74) is 3.01. The van der Waals surface area contributed by atoms with Crippen LogP contribution in [-0.2, 0) is 21.6 Å². The first-order valence-corrected chi connectivity index (χ1v) is 23.5. The first-order chi connectivity index (χ1) is 27.2. The van der Waals surface area contributed by atoms with Crippen molar-refractivity contribution in [2.24, 2.45) is 0 Å². The smallest absolute Gasteiger partial charge is 0.410 e. The Bertz CT molecular complexity index is 2260. The van der Waals surface area contributed by atoms with Crippen molar-refractivity contribution in [3.05, 3.63) is 71.5 Å². The number of rotatable bonds is 11. The second kappa shape index (κ2) is 16.6. The molecule has 6 rings (SSSR count). The summed E-state index contributed by atoms with van der Waals surface area (Å²) in [4.78, 5) is 47.9. The normalized spacial score (nSPS) is 14.6. The third-order valence-corrected chi connectivity index (χ3v) is 11.7. The van der Waals surface area contributed by atoms with E-state index in [1.54, 1.807) is 30.9 Å². The van der Waals surface area contributed by atoms with Crippen LogP contribution in [0.25, 0.3) is 33.5 Å². The van der Waals surface area contributed by atoms with E-state index in [-0.39, 0.29) is 18.6 Å². The van der Waals surface area contributed by atoms with E-state index in [0.29, 0.717) is 72.1 Å². The van der Waals surface area contributed by atoms with Gasteiger partial charge in [-0.3, -0.25) is 4.79 Å². The molecule has 5 heterocycles. The van der Waals surface area contributed by atoms with E-state index >= 15 is 4.39 Å². The minimum atomic E-state index is -1.34. The van der Waals surface area contributed by atoms with Crippen molar-refractivity contribution in [3.63, 3.8) is 0 Å². The van der Waals surface area contributed by atoms with Crippen LogP contribution in [0.2, 0.25) is 25.7 Å². The van der Waals surface area contributed by atoms with Crippen LogP contribution >= 0.6 is 0 Å². The van der Waals surface area contributed by atoms with Gasteiger partial charge in [-0.15, -0.1) is 0 Å². The predicted octanol–water partition coefficient (Wildman–Crippen LogP) is 8.15. The van der Waals surface area contributed by atoms with Crippen LogP contribution in [0.5, 0.6) is 0 Å². The SMILES string of the molecule is Cc1c([C@@H](C)NC(=O)c2noc(C(C)(C)C)n2)ccc(-c2ncnc3c2cc(-c2ccc(N4CCN(C(=O)OC(C)(C)C)CC4)nc2)n3COCC[Si](C)(C)C)c1F. The van der Waals surface area contributed by atoms with Crippen molar-refractivity contribution in [1.29, 1.82) is 0 Å². The van der Waals surface area contributed by atoms with Crippen LogP contribution in [0.1, 0.15) is 82.1 Å². The summed E-state index contributed by atoms with van der Waals surface area (Å²) in [6.07, 6.45) is 2.96. The van der Waals surface area contributed by atoms with Gasteiger partial charge in [0.05, 0.1) is 17.4 Å². The zero-order chi connectivity index (χ0) is 42.2. The number of piperazine rings is 1. The van der Waals surface area contributed by atoms with Crippen molar-refractivity contribution >= 4 is 36.9 Å². The molecular weight excluding hydrogens is 758 g/mol. The number of hydrogen-bond acceptors (Lipinski definition) is 11. The van der Waals surface area contributed by atoms with Gasteiger partial charge in [0.1, 0.15) is 35.9 Å². The van der Waals surface area contributed by atoms with Crippen LogP contribution in [0.3, 0.4) is 0 Å². The molecule has 0 radical (unpaired) electrons. The molecule has 0 bridgehead atoms. The van der Waals surface area contributed by atoms with Gasteiger partial charge in [-0.1, -0.05) is 51.6 Å². The Kier molecular flexibility index (Phi) is 12.1. The number of carbonyl (C=O) groups excluding carboxylic acids is 2. The fourth-order valence-electron chi connectivity index (χ4n) is 6.66. The Morgan fingerprint density at radius 2 is 1.72 bits per heavy atom. The van der Waals surface area contributed by atoms with Crippen molar-refractivity contribution in [2.45, 2.75) is 105 Å². The van der Waals surface area contributed by atoms with Gasteiger partial charge in [-0.2, -0.15) is 4.98 Å². The Morgan fingerprint density at radius 3 is 2.34 bits per heavy atom. The zero-order valence-corrected chi connectivity index (χ0v) is 36.6. The number of benzene rings is 1. The fourth-order valence-corrected chi connectivity index (χ4v) is 7.42. The topological polar surface area (TPSA) is 154 Å². The maximum absolute atomic E-state index is 16.5. The lowest BCUT2D eigenvalue weighted by Crippen LogP contribution is -2.50. The van der Waals surface area contributed by atoms with Gasteiger partial charge in [0.15, 0.2) is 0 Å². The first-order valence-electron chi connectivity index (χ1n) is 19.8. The van der Waals surface area contributed by atoms with Crippen LogP contribution in [0.15, 0.2) is 47.4 Å². The number of fused-ring (bicyclic) bond motifs is 1. The third kappa shape index (κ3) is 9.72. The van der Waals surface area contributed by atoms with E-state index in [0.717, 1.165) is 23.1 Å². The summed E-state index contributed by atoms with van der Waals surface area (Å²) in [6, 6.07) is 9.89. The summed E-state index contributed by atoms with van der Waals surface area (Å²) in [7, 11) is -1.34. The summed E-state index contributed by atoms with van der Waals surface area (Å²) >= 11 is 0. The van der Waals surface area contributed by atoms with Crippen molar-refractivity contribution in [3.8, 4) is 22.5 Å². The van der Waals surface area contributed by atoms with E-state index in [4.69, 9.17) is 19.0 Å². The second-order valence-electron chi connectivity index (χ2n) is 18.1. The standard InChI is InChI=1S/C42H56FN9O5Si/c1-26-29(27(2)47-38(53)36-48-39(57-49-36)41(3,4)5)13-14-30(34(26)43)35-31-22-32(52(37(31)46-24-45-35)25-55-20-21-58(9,10)11)28-12-15-33(44-23-28)50-16-18-51(19-17-50)40(54)56-42(6,7)8/h12-15,22-24,27H,16-21,25H2,1-11H3,(H,47,53)/t27-/m1/s1. The molecule has 14 nitrogen and oxygen atoms in total. The number of carbonyl (C=O) groups is 2. The van der Waals surface area contributed by atoms with Crippen LogP contribution < -0.4 is 10.2 Å². The van der Waals surface area contributed by atoms with Gasteiger partial charge >= 0.3 is 6.09 Å². The largest absolute Gasteiger partial charge is 0.444 e. The molecule has 1 atom stereocenters. The van der Waals surface area contributed by atoms with Gasteiger partial charge in [0.25, 0.3) is 11.7 Å². The molecule has 16 heteroatoms. The molecule has 0 spiro atoms. The molecule has 1 aromatic carbocycles. The molecule has 1 N–H and O–H groups in total. The highest BCUT2D eigenvalue weighted by atomic mass is 28.3. The molecule has 58 heavy (non-hydrogen) atoms. The third-order valence-electron chi connectivity index (χ3n) is 9.97. The average Bonchev–Trinajstić information content (AvgIpc) is 3.80.